The summed E-state index contributed by atoms with van der Waals surface area (Å²) >= 11 is 0. The monoisotopic (exact) mass is 385 g/mol. The summed E-state index contributed by atoms with van der Waals surface area (Å²) in [6.45, 7) is 0. The van der Waals surface area contributed by atoms with Gasteiger partial charge in [-0.3, -0.25) is 9.59 Å². The second-order valence-corrected chi connectivity index (χ2v) is 6.36. The van der Waals surface area contributed by atoms with E-state index in [2.05, 4.69) is 10.4 Å². The second kappa shape index (κ2) is 7.90. The molecule has 0 saturated carbocycles. The third-order valence-corrected chi connectivity index (χ3v) is 4.36. The van der Waals surface area contributed by atoms with Gasteiger partial charge >= 0.3 is 0 Å². The van der Waals surface area contributed by atoms with Gasteiger partial charge in [0.15, 0.2) is 5.78 Å². The summed E-state index contributed by atoms with van der Waals surface area (Å²) in [4.78, 5) is 25.1. The summed E-state index contributed by atoms with van der Waals surface area (Å²) in [6, 6.07) is 21.8. The number of ketones is 1. The molecule has 0 atom stereocenters. The van der Waals surface area contributed by atoms with Crippen molar-refractivity contribution >= 4 is 17.4 Å². The SMILES string of the molecule is O=C(Nc1cccc(C(=O)c2ccccc2)c1)c1cnn(-c2ccccc2F)c1. The fraction of sp³-hybridized carbons (Fsp3) is 0. The van der Waals surface area contributed by atoms with Gasteiger partial charge in [0.05, 0.1) is 11.8 Å². The Balaban J connectivity index is 1.52. The summed E-state index contributed by atoms with van der Waals surface area (Å²) < 4.78 is 15.2. The number of benzene rings is 3. The highest BCUT2D eigenvalue weighted by atomic mass is 19.1. The number of halogens is 1. The molecule has 3 aromatic carbocycles. The second-order valence-electron chi connectivity index (χ2n) is 6.36. The van der Waals surface area contributed by atoms with Crippen LogP contribution >= 0.6 is 0 Å². The number of para-hydroxylation sites is 1. The molecule has 0 radical (unpaired) electrons. The maximum atomic E-state index is 13.9. The summed E-state index contributed by atoms with van der Waals surface area (Å²) in [6.07, 6.45) is 2.81. The van der Waals surface area contributed by atoms with Gasteiger partial charge in [0.25, 0.3) is 5.91 Å². The number of hydrogen-bond acceptors (Lipinski definition) is 3. The van der Waals surface area contributed by atoms with Crippen molar-refractivity contribution in [1.29, 1.82) is 0 Å². The molecule has 29 heavy (non-hydrogen) atoms. The lowest BCUT2D eigenvalue weighted by Crippen LogP contribution is -2.12. The Labute approximate surface area is 166 Å². The number of amides is 1. The van der Waals surface area contributed by atoms with Crippen LogP contribution in [0.25, 0.3) is 5.69 Å². The predicted molar refractivity (Wildman–Crippen MR) is 108 cm³/mol. The molecule has 1 amide bonds. The van der Waals surface area contributed by atoms with Crippen LogP contribution in [0.3, 0.4) is 0 Å². The first kappa shape index (κ1) is 18.3. The molecule has 1 N–H and O–H groups in total. The standard InChI is InChI=1S/C23H16FN3O2/c24-20-11-4-5-12-21(20)27-15-18(14-25-27)23(29)26-19-10-6-9-17(13-19)22(28)16-7-2-1-3-8-16/h1-15H,(H,26,29). The molecule has 5 nitrogen and oxygen atoms in total. The number of hydrogen-bond donors (Lipinski definition) is 1. The lowest BCUT2D eigenvalue weighted by atomic mass is 10.0. The summed E-state index contributed by atoms with van der Waals surface area (Å²) in [5.74, 6) is -0.972. The minimum Gasteiger partial charge on any atom is -0.322 e. The lowest BCUT2D eigenvalue weighted by molar-refractivity contribution is 0.102. The zero-order chi connectivity index (χ0) is 20.2. The van der Waals surface area contributed by atoms with Gasteiger partial charge in [-0.15, -0.1) is 0 Å². The largest absolute Gasteiger partial charge is 0.322 e. The number of anilines is 1. The molecule has 6 heteroatoms. The molecular formula is C23H16FN3O2. The van der Waals surface area contributed by atoms with Gasteiger partial charge in [-0.2, -0.15) is 5.10 Å². The van der Waals surface area contributed by atoms with Gasteiger partial charge in [-0.1, -0.05) is 54.6 Å². The topological polar surface area (TPSA) is 64.0 Å². The minimum absolute atomic E-state index is 0.130. The first-order chi connectivity index (χ1) is 14.1. The van der Waals surface area contributed by atoms with Crippen molar-refractivity contribution in [3.8, 4) is 5.69 Å². The van der Waals surface area contributed by atoms with E-state index in [0.717, 1.165) is 0 Å². The highest BCUT2D eigenvalue weighted by Gasteiger charge is 2.13. The molecule has 0 aliphatic carbocycles. The fourth-order valence-electron chi connectivity index (χ4n) is 2.91. The van der Waals surface area contributed by atoms with Crippen LogP contribution in [0.2, 0.25) is 0 Å². The number of aromatic nitrogens is 2. The van der Waals surface area contributed by atoms with Crippen molar-refractivity contribution in [3.63, 3.8) is 0 Å². The van der Waals surface area contributed by atoms with Crippen LogP contribution in [0.4, 0.5) is 10.1 Å². The van der Waals surface area contributed by atoms with Crippen molar-refractivity contribution in [3.05, 3.63) is 114 Å². The van der Waals surface area contributed by atoms with E-state index in [9.17, 15) is 14.0 Å². The van der Waals surface area contributed by atoms with E-state index in [1.165, 1.54) is 23.1 Å². The number of carbonyl (C=O) groups is 2. The number of nitrogens with zero attached hydrogens (tertiary/aromatic N) is 2. The molecule has 142 valence electrons. The first-order valence-corrected chi connectivity index (χ1v) is 8.92. The summed E-state index contributed by atoms with van der Waals surface area (Å²) in [7, 11) is 0. The van der Waals surface area contributed by atoms with E-state index in [1.54, 1.807) is 66.7 Å². The zero-order valence-electron chi connectivity index (χ0n) is 15.2. The molecule has 0 unspecified atom stereocenters. The highest BCUT2D eigenvalue weighted by Crippen LogP contribution is 2.17. The van der Waals surface area contributed by atoms with Crippen LogP contribution in [0.5, 0.6) is 0 Å². The molecule has 0 aliphatic heterocycles. The Kier molecular flexibility index (Phi) is 4.99. The smallest absolute Gasteiger partial charge is 0.258 e. The van der Waals surface area contributed by atoms with Crippen LogP contribution in [0.15, 0.2) is 91.3 Å². The van der Waals surface area contributed by atoms with E-state index in [1.807, 2.05) is 6.07 Å². The Hall–Kier alpha value is -4.06. The molecule has 1 aromatic heterocycles. The van der Waals surface area contributed by atoms with Crippen LogP contribution in [0, 0.1) is 5.82 Å². The van der Waals surface area contributed by atoms with Crippen LogP contribution in [-0.4, -0.2) is 21.5 Å². The van der Waals surface area contributed by atoms with Crippen molar-refractivity contribution in [2.24, 2.45) is 0 Å². The first-order valence-electron chi connectivity index (χ1n) is 8.92. The average Bonchev–Trinajstić information content (AvgIpc) is 3.24. The summed E-state index contributed by atoms with van der Waals surface area (Å²) in [5.41, 5.74) is 2.05. The predicted octanol–water partition coefficient (Wildman–Crippen LogP) is 4.49. The van der Waals surface area contributed by atoms with Crippen molar-refractivity contribution in [1.82, 2.24) is 9.78 Å². The van der Waals surface area contributed by atoms with Crippen LogP contribution in [0.1, 0.15) is 26.3 Å². The van der Waals surface area contributed by atoms with Crippen molar-refractivity contribution in [2.45, 2.75) is 0 Å². The van der Waals surface area contributed by atoms with Gasteiger partial charge < -0.3 is 5.32 Å². The molecule has 0 bridgehead atoms. The van der Waals surface area contributed by atoms with Crippen molar-refractivity contribution in [2.75, 3.05) is 5.32 Å². The molecular weight excluding hydrogens is 369 g/mol. The maximum Gasteiger partial charge on any atom is 0.258 e. The van der Waals surface area contributed by atoms with Gasteiger partial charge in [-0.05, 0) is 24.3 Å². The zero-order valence-corrected chi connectivity index (χ0v) is 15.2. The summed E-state index contributed by atoms with van der Waals surface area (Å²) in [5, 5.41) is 6.80. The Morgan fingerprint density at radius 1 is 0.828 bits per heavy atom. The molecule has 0 spiro atoms. The van der Waals surface area contributed by atoms with E-state index < -0.39 is 11.7 Å². The third kappa shape index (κ3) is 3.96. The van der Waals surface area contributed by atoms with E-state index >= 15 is 0 Å². The molecule has 0 aliphatic rings. The fourth-order valence-corrected chi connectivity index (χ4v) is 2.91. The quantitative estimate of drug-likeness (QED) is 0.515. The third-order valence-electron chi connectivity index (χ3n) is 4.36. The van der Waals surface area contributed by atoms with Gasteiger partial charge in [0, 0.05) is 23.0 Å². The maximum absolute atomic E-state index is 13.9. The Morgan fingerprint density at radius 3 is 2.34 bits per heavy atom. The molecule has 4 rings (SSSR count). The normalized spacial score (nSPS) is 10.5. The van der Waals surface area contributed by atoms with Gasteiger partial charge in [0.2, 0.25) is 0 Å². The highest BCUT2D eigenvalue weighted by molar-refractivity contribution is 6.10. The van der Waals surface area contributed by atoms with Gasteiger partial charge in [0.1, 0.15) is 11.5 Å². The van der Waals surface area contributed by atoms with E-state index in [0.29, 0.717) is 16.8 Å². The van der Waals surface area contributed by atoms with Crippen LogP contribution in [-0.2, 0) is 0 Å². The molecule has 1 heterocycles. The van der Waals surface area contributed by atoms with Crippen LogP contribution < -0.4 is 5.32 Å². The van der Waals surface area contributed by atoms with Gasteiger partial charge in [-0.25, -0.2) is 9.07 Å². The molecule has 4 aromatic rings. The minimum atomic E-state index is -0.435. The Morgan fingerprint density at radius 2 is 1.55 bits per heavy atom. The molecule has 0 fully saturated rings. The molecule has 0 saturated heterocycles. The average molecular weight is 385 g/mol. The number of nitrogens with one attached hydrogen (secondary N) is 1. The van der Waals surface area contributed by atoms with E-state index in [4.69, 9.17) is 0 Å². The number of carbonyl (C=O) groups excluding carboxylic acids is 2. The lowest BCUT2D eigenvalue weighted by Gasteiger charge is -2.06. The van der Waals surface area contributed by atoms with Crippen molar-refractivity contribution < 1.29 is 14.0 Å². The Bertz CT molecular complexity index is 1190. The van der Waals surface area contributed by atoms with E-state index in [-0.39, 0.29) is 17.0 Å². The number of rotatable bonds is 5.